The number of anilines is 1. The molecular weight excluding hydrogens is 376 g/mol. The number of nitrogens with one attached hydrogen (secondary N) is 3. The van der Waals surface area contributed by atoms with E-state index in [2.05, 4.69) is 40.5 Å². The first kappa shape index (κ1) is 19.8. The second kappa shape index (κ2) is 7.24. The highest BCUT2D eigenvalue weighted by Crippen LogP contribution is 2.65. The SMILES string of the molecule is C[C@]12CC[C@H]3[C@@H](CCC4NC(=O)C=C[C@@]43C)[C@@H]1CC[C@@H]2CCC(=O)Nc1ncc[nH]1. The molecule has 0 radical (unpaired) electrons. The monoisotopic (exact) mass is 410 g/mol. The summed E-state index contributed by atoms with van der Waals surface area (Å²) in [5, 5.41) is 6.11. The number of fused-ring (bicyclic) bond motifs is 5. The number of carbonyl (C=O) groups excluding carboxylic acids is 2. The van der Waals surface area contributed by atoms with Crippen LogP contribution in [0.1, 0.15) is 65.2 Å². The van der Waals surface area contributed by atoms with Gasteiger partial charge in [-0.25, -0.2) is 4.98 Å². The molecule has 1 unspecified atom stereocenters. The topological polar surface area (TPSA) is 86.9 Å². The number of carbonyl (C=O) groups is 2. The molecule has 0 bridgehead atoms. The van der Waals surface area contributed by atoms with Crippen molar-refractivity contribution >= 4 is 17.8 Å². The van der Waals surface area contributed by atoms with Gasteiger partial charge < -0.3 is 10.3 Å². The highest BCUT2D eigenvalue weighted by Gasteiger charge is 2.59. The van der Waals surface area contributed by atoms with E-state index in [4.69, 9.17) is 0 Å². The van der Waals surface area contributed by atoms with Crippen LogP contribution in [0.3, 0.4) is 0 Å². The first-order valence-electron chi connectivity index (χ1n) is 11.7. The Bertz CT molecular complexity index is 849. The minimum absolute atomic E-state index is 0.0572. The number of hydrogen-bond donors (Lipinski definition) is 3. The van der Waals surface area contributed by atoms with Crippen LogP contribution < -0.4 is 10.6 Å². The van der Waals surface area contributed by atoms with Crippen molar-refractivity contribution in [3.63, 3.8) is 0 Å². The highest BCUT2D eigenvalue weighted by molar-refractivity contribution is 5.89. The van der Waals surface area contributed by atoms with E-state index in [-0.39, 0.29) is 17.2 Å². The maximum Gasteiger partial charge on any atom is 0.243 e. The van der Waals surface area contributed by atoms with E-state index >= 15 is 0 Å². The Morgan fingerprint density at radius 1 is 1.20 bits per heavy atom. The molecule has 7 atom stereocenters. The Kier molecular flexibility index (Phi) is 4.79. The number of nitrogens with zero attached hydrogens (tertiary/aromatic N) is 1. The molecule has 2 heterocycles. The number of aromatic amines is 1. The zero-order valence-corrected chi connectivity index (χ0v) is 18.1. The van der Waals surface area contributed by atoms with Gasteiger partial charge in [-0.1, -0.05) is 19.9 Å². The van der Waals surface area contributed by atoms with Crippen LogP contribution >= 0.6 is 0 Å². The molecule has 1 aromatic rings. The van der Waals surface area contributed by atoms with Gasteiger partial charge in [-0.2, -0.15) is 0 Å². The van der Waals surface area contributed by atoms with Crippen molar-refractivity contribution in [1.29, 1.82) is 0 Å². The molecule has 4 aliphatic rings. The van der Waals surface area contributed by atoms with E-state index in [0.29, 0.717) is 35.7 Å². The number of amides is 2. The molecule has 0 aromatic carbocycles. The van der Waals surface area contributed by atoms with Gasteiger partial charge in [-0.3, -0.25) is 14.9 Å². The van der Waals surface area contributed by atoms with Gasteiger partial charge in [-0.05, 0) is 80.1 Å². The molecule has 0 saturated heterocycles. The second-order valence-electron chi connectivity index (χ2n) is 10.6. The van der Waals surface area contributed by atoms with Crippen molar-refractivity contribution in [2.45, 2.75) is 71.3 Å². The predicted octanol–water partition coefficient (Wildman–Crippen LogP) is 4.04. The number of rotatable bonds is 4. The average Bonchev–Trinajstić information content (AvgIpc) is 3.34. The third-order valence-electron chi connectivity index (χ3n) is 9.36. The molecule has 1 aliphatic heterocycles. The maximum absolute atomic E-state index is 12.4. The fraction of sp³-hybridized carbons (Fsp3) is 0.708. The van der Waals surface area contributed by atoms with E-state index in [1.807, 2.05) is 0 Å². The Hall–Kier alpha value is -2.11. The van der Waals surface area contributed by atoms with Gasteiger partial charge in [0.15, 0.2) is 0 Å². The summed E-state index contributed by atoms with van der Waals surface area (Å²) in [6, 6.07) is 0.295. The normalized spacial score (nSPS) is 42.1. The van der Waals surface area contributed by atoms with Crippen molar-refractivity contribution < 1.29 is 9.59 Å². The number of hydrogen-bond acceptors (Lipinski definition) is 3. The Balaban J connectivity index is 1.27. The summed E-state index contributed by atoms with van der Waals surface area (Å²) in [5.74, 6) is 3.44. The average molecular weight is 411 g/mol. The lowest BCUT2D eigenvalue weighted by Crippen LogP contribution is -2.59. The van der Waals surface area contributed by atoms with Gasteiger partial charge in [0.1, 0.15) is 0 Å². The third-order valence-corrected chi connectivity index (χ3v) is 9.36. The molecule has 162 valence electrons. The molecule has 3 saturated carbocycles. The van der Waals surface area contributed by atoms with Gasteiger partial charge >= 0.3 is 0 Å². The van der Waals surface area contributed by atoms with Crippen LogP contribution in [-0.2, 0) is 9.59 Å². The fourth-order valence-electron chi connectivity index (χ4n) is 7.75. The van der Waals surface area contributed by atoms with E-state index in [9.17, 15) is 9.59 Å². The Labute approximate surface area is 178 Å². The third kappa shape index (κ3) is 3.10. The van der Waals surface area contributed by atoms with Crippen LogP contribution in [0.15, 0.2) is 24.5 Å². The summed E-state index contributed by atoms with van der Waals surface area (Å²) in [7, 11) is 0. The van der Waals surface area contributed by atoms with Crippen molar-refractivity contribution in [2.24, 2.45) is 34.5 Å². The Morgan fingerprint density at radius 3 is 2.87 bits per heavy atom. The molecule has 3 aliphatic carbocycles. The molecule has 6 nitrogen and oxygen atoms in total. The summed E-state index contributed by atoms with van der Waals surface area (Å²) < 4.78 is 0. The van der Waals surface area contributed by atoms with Crippen LogP contribution in [0.2, 0.25) is 0 Å². The summed E-state index contributed by atoms with van der Waals surface area (Å²) in [4.78, 5) is 31.3. The van der Waals surface area contributed by atoms with Crippen LogP contribution in [0.5, 0.6) is 0 Å². The molecule has 1 aromatic heterocycles. The van der Waals surface area contributed by atoms with E-state index in [1.165, 1.54) is 32.1 Å². The predicted molar refractivity (Wildman–Crippen MR) is 115 cm³/mol. The van der Waals surface area contributed by atoms with Crippen LogP contribution in [0.25, 0.3) is 0 Å². The molecule has 2 amide bonds. The van der Waals surface area contributed by atoms with Crippen LogP contribution in [0.4, 0.5) is 5.95 Å². The Morgan fingerprint density at radius 2 is 2.07 bits per heavy atom. The zero-order valence-electron chi connectivity index (χ0n) is 18.1. The molecule has 6 heteroatoms. The molecule has 30 heavy (non-hydrogen) atoms. The summed E-state index contributed by atoms with van der Waals surface area (Å²) >= 11 is 0. The first-order chi connectivity index (χ1) is 14.4. The number of H-pyrrole nitrogens is 1. The smallest absolute Gasteiger partial charge is 0.243 e. The standard InChI is InChI=1S/C24H34N4O2/c1-23-11-9-18-16(5-7-19-24(18,2)12-10-21(30)27-19)17(23)6-3-15(23)4-8-20(29)28-22-25-13-14-26-22/h10,12-19H,3-9,11H2,1-2H3,(H,27,30)(H2,25,26,28,29)/t15-,16+,17+,18+,19?,23-,24-/m1/s1. The molecular formula is C24H34N4O2. The van der Waals surface area contributed by atoms with Gasteiger partial charge in [-0.15, -0.1) is 0 Å². The van der Waals surface area contributed by atoms with Gasteiger partial charge in [0, 0.05) is 30.3 Å². The molecule has 3 N–H and O–H groups in total. The van der Waals surface area contributed by atoms with Crippen molar-refractivity contribution in [1.82, 2.24) is 15.3 Å². The van der Waals surface area contributed by atoms with E-state index in [0.717, 1.165) is 24.7 Å². The molecule has 5 rings (SSSR count). The van der Waals surface area contributed by atoms with Crippen LogP contribution in [0, 0.1) is 34.5 Å². The van der Waals surface area contributed by atoms with Crippen molar-refractivity contribution in [3.8, 4) is 0 Å². The highest BCUT2D eigenvalue weighted by atomic mass is 16.2. The zero-order chi connectivity index (χ0) is 20.9. The summed E-state index contributed by atoms with van der Waals surface area (Å²) in [5.41, 5.74) is 0.441. The lowest BCUT2D eigenvalue weighted by Gasteiger charge is -2.59. The molecule has 3 fully saturated rings. The van der Waals surface area contributed by atoms with Gasteiger partial charge in [0.2, 0.25) is 17.8 Å². The summed E-state index contributed by atoms with van der Waals surface area (Å²) in [6.07, 6.45) is 16.2. The first-order valence-corrected chi connectivity index (χ1v) is 11.7. The van der Waals surface area contributed by atoms with Crippen LogP contribution in [-0.4, -0.2) is 27.8 Å². The van der Waals surface area contributed by atoms with E-state index < -0.39 is 0 Å². The lowest BCUT2D eigenvalue weighted by atomic mass is 9.48. The van der Waals surface area contributed by atoms with Crippen molar-refractivity contribution in [2.75, 3.05) is 5.32 Å². The van der Waals surface area contributed by atoms with Gasteiger partial charge in [0.25, 0.3) is 0 Å². The van der Waals surface area contributed by atoms with Crippen molar-refractivity contribution in [3.05, 3.63) is 24.5 Å². The minimum atomic E-state index is 0.0572. The number of imidazole rings is 1. The quantitative estimate of drug-likeness (QED) is 0.700. The maximum atomic E-state index is 12.4. The van der Waals surface area contributed by atoms with Gasteiger partial charge in [0.05, 0.1) is 0 Å². The number of aromatic nitrogens is 2. The fourth-order valence-corrected chi connectivity index (χ4v) is 7.75. The second-order valence-corrected chi connectivity index (χ2v) is 10.6. The summed E-state index contributed by atoms with van der Waals surface area (Å²) in [6.45, 7) is 4.88. The minimum Gasteiger partial charge on any atom is -0.349 e. The lowest BCUT2D eigenvalue weighted by molar-refractivity contribution is -0.123. The van der Waals surface area contributed by atoms with E-state index in [1.54, 1.807) is 18.5 Å². The molecule has 0 spiro atoms. The largest absolute Gasteiger partial charge is 0.349 e.